The van der Waals surface area contributed by atoms with Gasteiger partial charge in [-0.3, -0.25) is 4.79 Å². The number of alkyl halides is 1. The quantitative estimate of drug-likeness (QED) is 0.519. The van der Waals surface area contributed by atoms with Gasteiger partial charge in [0.2, 0.25) is 5.78 Å². The van der Waals surface area contributed by atoms with Crippen LogP contribution in [0, 0.1) is 11.8 Å². The zero-order chi connectivity index (χ0) is 9.52. The maximum absolute atomic E-state index is 11.0. The molecule has 13 heavy (non-hydrogen) atoms. The van der Waals surface area contributed by atoms with E-state index in [1.54, 1.807) is 0 Å². The first-order valence-electron chi connectivity index (χ1n) is 3.99. The Morgan fingerprint density at radius 1 is 1.31 bits per heavy atom. The first kappa shape index (κ1) is 9.83. The third kappa shape index (κ3) is 3.78. The van der Waals surface area contributed by atoms with Crippen molar-refractivity contribution >= 4 is 17.4 Å². The fraction of sp³-hybridized carbons (Fsp3) is 0.182. The molecule has 66 valence electrons. The molecule has 0 unspecified atom stereocenters. The van der Waals surface area contributed by atoms with E-state index in [0.29, 0.717) is 12.3 Å². The molecule has 0 spiro atoms. The predicted molar refractivity (Wildman–Crippen MR) is 53.7 cm³/mol. The largest absolute Gasteiger partial charge is 0.285 e. The smallest absolute Gasteiger partial charge is 0.206 e. The fourth-order valence-electron chi connectivity index (χ4n) is 0.812. The normalized spacial score (nSPS) is 8.69. The van der Waals surface area contributed by atoms with Crippen molar-refractivity contribution in [2.75, 3.05) is 5.88 Å². The fourth-order valence-corrected chi connectivity index (χ4v) is 0.983. The molecule has 0 fully saturated rings. The van der Waals surface area contributed by atoms with Crippen molar-refractivity contribution in [1.82, 2.24) is 0 Å². The molecule has 0 aliphatic carbocycles. The van der Waals surface area contributed by atoms with Crippen molar-refractivity contribution in [3.8, 4) is 11.8 Å². The lowest BCUT2D eigenvalue weighted by Crippen LogP contribution is -1.93. The van der Waals surface area contributed by atoms with Crippen molar-refractivity contribution in [2.24, 2.45) is 0 Å². The number of carbonyl (C=O) groups excluding carboxylic acids is 1. The topological polar surface area (TPSA) is 17.1 Å². The lowest BCUT2D eigenvalue weighted by atomic mass is 10.2. The molecule has 0 saturated carbocycles. The first-order chi connectivity index (χ1) is 6.33. The number of hydrogen-bond donors (Lipinski definition) is 0. The summed E-state index contributed by atoms with van der Waals surface area (Å²) >= 11 is 5.39. The van der Waals surface area contributed by atoms with Crippen LogP contribution in [0.15, 0.2) is 30.3 Å². The van der Waals surface area contributed by atoms with Crippen LogP contribution >= 0.6 is 11.6 Å². The van der Waals surface area contributed by atoms with Crippen molar-refractivity contribution in [3.05, 3.63) is 35.9 Å². The van der Waals surface area contributed by atoms with E-state index in [1.807, 2.05) is 30.3 Å². The van der Waals surface area contributed by atoms with Crippen LogP contribution in [0.25, 0.3) is 0 Å². The van der Waals surface area contributed by atoms with Crippen LogP contribution < -0.4 is 0 Å². The summed E-state index contributed by atoms with van der Waals surface area (Å²) in [5, 5.41) is 0. The van der Waals surface area contributed by atoms with Crippen molar-refractivity contribution in [1.29, 1.82) is 0 Å². The third-order valence-electron chi connectivity index (χ3n) is 1.44. The molecule has 0 saturated heterocycles. The van der Waals surface area contributed by atoms with E-state index in [4.69, 9.17) is 11.6 Å². The molecule has 2 heteroatoms. The van der Waals surface area contributed by atoms with E-state index in [-0.39, 0.29) is 5.78 Å². The van der Waals surface area contributed by atoms with Gasteiger partial charge in [-0.15, -0.1) is 11.6 Å². The molecule has 0 aliphatic rings. The number of benzene rings is 1. The second kappa shape index (κ2) is 5.40. The molecule has 0 aromatic heterocycles. The SMILES string of the molecule is O=C(C#Cc1ccccc1)CCCl. The Bertz CT molecular complexity index is 332. The lowest BCUT2D eigenvalue weighted by molar-refractivity contribution is -0.113. The molecule has 0 amide bonds. The molecule has 0 bridgehead atoms. The molecule has 1 nitrogen and oxygen atoms in total. The maximum Gasteiger partial charge on any atom is 0.206 e. The highest BCUT2D eigenvalue weighted by molar-refractivity contribution is 6.19. The minimum Gasteiger partial charge on any atom is -0.285 e. The Hall–Kier alpha value is -1.26. The highest BCUT2D eigenvalue weighted by atomic mass is 35.5. The molecule has 0 atom stereocenters. The minimum atomic E-state index is -0.112. The van der Waals surface area contributed by atoms with Gasteiger partial charge in [0.15, 0.2) is 0 Å². The molecule has 1 aromatic rings. The summed E-state index contributed by atoms with van der Waals surface area (Å²) in [6, 6.07) is 9.40. The standard InChI is InChI=1S/C11H9ClO/c12-9-8-11(13)7-6-10-4-2-1-3-5-10/h1-5H,8-9H2. The van der Waals surface area contributed by atoms with Gasteiger partial charge in [0.05, 0.1) is 0 Å². The van der Waals surface area contributed by atoms with E-state index in [1.165, 1.54) is 0 Å². The van der Waals surface area contributed by atoms with E-state index in [2.05, 4.69) is 11.8 Å². The molecule has 0 heterocycles. The van der Waals surface area contributed by atoms with Gasteiger partial charge in [-0.05, 0) is 18.1 Å². The van der Waals surface area contributed by atoms with E-state index in [0.717, 1.165) is 5.56 Å². The van der Waals surface area contributed by atoms with Gasteiger partial charge >= 0.3 is 0 Å². The number of Topliss-reactive ketones (excluding diaryl/α,β-unsaturated/α-hetero) is 1. The Morgan fingerprint density at radius 2 is 2.00 bits per heavy atom. The monoisotopic (exact) mass is 192 g/mol. The van der Waals surface area contributed by atoms with Gasteiger partial charge in [0.25, 0.3) is 0 Å². The van der Waals surface area contributed by atoms with Crippen LogP contribution in [-0.4, -0.2) is 11.7 Å². The van der Waals surface area contributed by atoms with Gasteiger partial charge in [-0.1, -0.05) is 24.1 Å². The van der Waals surface area contributed by atoms with Gasteiger partial charge < -0.3 is 0 Å². The Morgan fingerprint density at radius 3 is 2.62 bits per heavy atom. The Balaban J connectivity index is 2.62. The minimum absolute atomic E-state index is 0.112. The first-order valence-corrected chi connectivity index (χ1v) is 4.52. The molecular formula is C11H9ClO. The number of halogens is 1. The number of ketones is 1. The Kier molecular flexibility index (Phi) is 4.08. The van der Waals surface area contributed by atoms with Crippen molar-refractivity contribution in [2.45, 2.75) is 6.42 Å². The van der Waals surface area contributed by atoms with Crippen LogP contribution in [0.4, 0.5) is 0 Å². The molecule has 0 aliphatic heterocycles. The summed E-state index contributed by atoms with van der Waals surface area (Å²) < 4.78 is 0. The predicted octanol–water partition coefficient (Wildman–Crippen LogP) is 2.24. The second-order valence-corrected chi connectivity index (χ2v) is 2.86. The highest BCUT2D eigenvalue weighted by Gasteiger charge is 1.92. The van der Waals surface area contributed by atoms with Crippen LogP contribution in [0.5, 0.6) is 0 Å². The summed E-state index contributed by atoms with van der Waals surface area (Å²) in [4.78, 5) is 11.0. The highest BCUT2D eigenvalue weighted by Crippen LogP contribution is 1.95. The molecule has 0 radical (unpaired) electrons. The zero-order valence-corrected chi connectivity index (χ0v) is 7.84. The number of rotatable bonds is 2. The van der Waals surface area contributed by atoms with Crippen LogP contribution in [0.2, 0.25) is 0 Å². The van der Waals surface area contributed by atoms with Crippen LogP contribution in [0.1, 0.15) is 12.0 Å². The number of hydrogen-bond acceptors (Lipinski definition) is 1. The molecular weight excluding hydrogens is 184 g/mol. The summed E-state index contributed by atoms with van der Waals surface area (Å²) in [5.74, 6) is 5.52. The average Bonchev–Trinajstić information content (AvgIpc) is 2.17. The van der Waals surface area contributed by atoms with E-state index < -0.39 is 0 Å². The zero-order valence-electron chi connectivity index (χ0n) is 7.09. The van der Waals surface area contributed by atoms with E-state index >= 15 is 0 Å². The summed E-state index contributed by atoms with van der Waals surface area (Å²) in [6.45, 7) is 0. The van der Waals surface area contributed by atoms with Crippen LogP contribution in [0.3, 0.4) is 0 Å². The number of carbonyl (C=O) groups is 1. The van der Waals surface area contributed by atoms with Gasteiger partial charge in [-0.25, -0.2) is 0 Å². The van der Waals surface area contributed by atoms with Gasteiger partial charge in [0.1, 0.15) is 0 Å². The van der Waals surface area contributed by atoms with Gasteiger partial charge in [0, 0.05) is 17.9 Å². The lowest BCUT2D eigenvalue weighted by Gasteiger charge is -1.86. The average molecular weight is 193 g/mol. The third-order valence-corrected chi connectivity index (χ3v) is 1.63. The molecule has 1 rings (SSSR count). The van der Waals surface area contributed by atoms with E-state index in [9.17, 15) is 4.79 Å². The maximum atomic E-state index is 11.0. The Labute approximate surface area is 82.7 Å². The molecule has 0 N–H and O–H groups in total. The van der Waals surface area contributed by atoms with Crippen LogP contribution in [-0.2, 0) is 4.79 Å². The van der Waals surface area contributed by atoms with Gasteiger partial charge in [-0.2, -0.15) is 0 Å². The second-order valence-electron chi connectivity index (χ2n) is 2.48. The van der Waals surface area contributed by atoms with Crippen molar-refractivity contribution < 1.29 is 4.79 Å². The summed E-state index contributed by atoms with van der Waals surface area (Å²) in [6.07, 6.45) is 0.321. The summed E-state index contributed by atoms with van der Waals surface area (Å²) in [7, 11) is 0. The summed E-state index contributed by atoms with van der Waals surface area (Å²) in [5.41, 5.74) is 0.852. The van der Waals surface area contributed by atoms with Crippen molar-refractivity contribution in [3.63, 3.8) is 0 Å². The molecule has 1 aromatic carbocycles.